The number of hydrogen-bond acceptors (Lipinski definition) is 2. The van der Waals surface area contributed by atoms with Gasteiger partial charge in [0.2, 0.25) is 0 Å². The highest BCUT2D eigenvalue weighted by atomic mass is 16.5. The van der Waals surface area contributed by atoms with Crippen molar-refractivity contribution in [2.45, 2.75) is 31.7 Å². The van der Waals surface area contributed by atoms with Crippen LogP contribution in [0.15, 0.2) is 67.3 Å². The lowest BCUT2D eigenvalue weighted by molar-refractivity contribution is 0.0921. The number of hydrogen-bond donors (Lipinski definition) is 1. The second kappa shape index (κ2) is 8.52. The summed E-state index contributed by atoms with van der Waals surface area (Å²) in [6.07, 6.45) is 6.52. The Morgan fingerprint density at radius 2 is 1.92 bits per heavy atom. The highest BCUT2D eigenvalue weighted by Crippen LogP contribution is 2.35. The molecule has 130 valence electrons. The SMILES string of the molecule is C=CCOc1cccc(C(=O)N[C@H](c2ccccc2)C2CCCC2)c1. The van der Waals surface area contributed by atoms with Crippen molar-refractivity contribution < 1.29 is 9.53 Å². The largest absolute Gasteiger partial charge is 0.490 e. The molecule has 0 radical (unpaired) electrons. The summed E-state index contributed by atoms with van der Waals surface area (Å²) in [6, 6.07) is 17.7. The number of rotatable bonds is 7. The van der Waals surface area contributed by atoms with Gasteiger partial charge in [-0.05, 0) is 42.5 Å². The van der Waals surface area contributed by atoms with E-state index in [1.54, 1.807) is 12.1 Å². The predicted octanol–water partition coefficient (Wildman–Crippen LogP) is 4.91. The van der Waals surface area contributed by atoms with Crippen LogP contribution in [0.2, 0.25) is 0 Å². The molecule has 2 aromatic rings. The summed E-state index contributed by atoms with van der Waals surface area (Å²) in [5, 5.41) is 3.26. The van der Waals surface area contributed by atoms with Crippen molar-refractivity contribution in [3.63, 3.8) is 0 Å². The number of carbonyl (C=O) groups is 1. The van der Waals surface area contributed by atoms with Gasteiger partial charge in [0.05, 0.1) is 6.04 Å². The first kappa shape index (κ1) is 17.3. The third-order valence-electron chi connectivity index (χ3n) is 4.78. The quantitative estimate of drug-likeness (QED) is 0.730. The van der Waals surface area contributed by atoms with Crippen LogP contribution in [0.4, 0.5) is 0 Å². The molecule has 1 N–H and O–H groups in total. The van der Waals surface area contributed by atoms with Crippen LogP contribution in [-0.4, -0.2) is 12.5 Å². The molecule has 2 aromatic carbocycles. The Bertz CT molecular complexity index is 705. The van der Waals surface area contributed by atoms with Gasteiger partial charge in [0.15, 0.2) is 0 Å². The molecular weight excluding hydrogens is 310 g/mol. The summed E-state index contributed by atoms with van der Waals surface area (Å²) < 4.78 is 5.54. The zero-order chi connectivity index (χ0) is 17.5. The van der Waals surface area contributed by atoms with Gasteiger partial charge in [0, 0.05) is 5.56 Å². The zero-order valence-electron chi connectivity index (χ0n) is 14.5. The van der Waals surface area contributed by atoms with Crippen LogP contribution in [0, 0.1) is 5.92 Å². The highest BCUT2D eigenvalue weighted by molar-refractivity contribution is 5.94. The molecule has 0 saturated heterocycles. The minimum absolute atomic E-state index is 0.0511. The van der Waals surface area contributed by atoms with Crippen molar-refractivity contribution in [3.8, 4) is 5.75 Å². The molecule has 0 aromatic heterocycles. The number of ether oxygens (including phenoxy) is 1. The van der Waals surface area contributed by atoms with Gasteiger partial charge in [0.25, 0.3) is 5.91 Å². The first-order valence-electron chi connectivity index (χ1n) is 8.97. The Kier molecular flexibility index (Phi) is 5.89. The first-order chi connectivity index (χ1) is 12.3. The van der Waals surface area contributed by atoms with Crippen LogP contribution < -0.4 is 10.1 Å². The van der Waals surface area contributed by atoms with Gasteiger partial charge in [-0.25, -0.2) is 0 Å². The fourth-order valence-corrected chi connectivity index (χ4v) is 3.53. The number of amides is 1. The molecule has 0 heterocycles. The van der Waals surface area contributed by atoms with Crippen LogP contribution in [0.5, 0.6) is 5.75 Å². The van der Waals surface area contributed by atoms with E-state index in [1.165, 1.54) is 31.2 Å². The fraction of sp³-hybridized carbons (Fsp3) is 0.318. The third kappa shape index (κ3) is 4.50. The molecule has 3 heteroatoms. The smallest absolute Gasteiger partial charge is 0.251 e. The average molecular weight is 335 g/mol. The first-order valence-corrected chi connectivity index (χ1v) is 8.97. The lowest BCUT2D eigenvalue weighted by atomic mass is 9.91. The minimum atomic E-state index is -0.0511. The van der Waals surface area contributed by atoms with Crippen LogP contribution >= 0.6 is 0 Å². The Labute approximate surface area is 149 Å². The second-order valence-electron chi connectivity index (χ2n) is 6.53. The fourth-order valence-electron chi connectivity index (χ4n) is 3.53. The molecule has 25 heavy (non-hydrogen) atoms. The van der Waals surface area contributed by atoms with E-state index in [1.807, 2.05) is 36.4 Å². The summed E-state index contributed by atoms with van der Waals surface area (Å²) in [4.78, 5) is 12.8. The monoisotopic (exact) mass is 335 g/mol. The number of carbonyl (C=O) groups excluding carboxylic acids is 1. The molecule has 1 aliphatic rings. The molecule has 1 aliphatic carbocycles. The van der Waals surface area contributed by atoms with Gasteiger partial charge in [-0.2, -0.15) is 0 Å². The zero-order valence-corrected chi connectivity index (χ0v) is 14.5. The Morgan fingerprint density at radius 1 is 1.16 bits per heavy atom. The van der Waals surface area contributed by atoms with Crippen molar-refractivity contribution in [3.05, 3.63) is 78.4 Å². The molecule has 0 bridgehead atoms. The summed E-state index contributed by atoms with van der Waals surface area (Å²) in [5.74, 6) is 1.14. The standard InChI is InChI=1S/C22H25NO2/c1-2-15-25-20-14-8-13-19(16-20)22(24)23-21(18-11-6-7-12-18)17-9-4-3-5-10-17/h2-5,8-10,13-14,16,18,21H,1,6-7,11-12,15H2,(H,23,24)/t21-/m1/s1. The summed E-state index contributed by atoms with van der Waals surface area (Å²) in [5.41, 5.74) is 1.81. The van der Waals surface area contributed by atoms with Gasteiger partial charge in [-0.1, -0.05) is 61.9 Å². The van der Waals surface area contributed by atoms with Gasteiger partial charge in [-0.3, -0.25) is 4.79 Å². The predicted molar refractivity (Wildman–Crippen MR) is 101 cm³/mol. The van der Waals surface area contributed by atoms with Crippen LogP contribution in [0.3, 0.4) is 0 Å². The maximum absolute atomic E-state index is 12.8. The van der Waals surface area contributed by atoms with Crippen molar-refractivity contribution in [2.24, 2.45) is 5.92 Å². The van der Waals surface area contributed by atoms with E-state index in [4.69, 9.17) is 4.74 Å². The minimum Gasteiger partial charge on any atom is -0.490 e. The molecule has 0 aliphatic heterocycles. The maximum Gasteiger partial charge on any atom is 0.251 e. The Balaban J connectivity index is 1.77. The summed E-state index contributed by atoms with van der Waals surface area (Å²) in [7, 11) is 0. The molecule has 1 atom stereocenters. The topological polar surface area (TPSA) is 38.3 Å². The molecule has 1 amide bonds. The van der Waals surface area contributed by atoms with Crippen molar-refractivity contribution in [2.75, 3.05) is 6.61 Å². The van der Waals surface area contributed by atoms with E-state index in [-0.39, 0.29) is 11.9 Å². The van der Waals surface area contributed by atoms with E-state index in [9.17, 15) is 4.79 Å². The van der Waals surface area contributed by atoms with Gasteiger partial charge >= 0.3 is 0 Å². The highest BCUT2D eigenvalue weighted by Gasteiger charge is 2.28. The van der Waals surface area contributed by atoms with Gasteiger partial charge in [0.1, 0.15) is 12.4 Å². The second-order valence-corrected chi connectivity index (χ2v) is 6.53. The van der Waals surface area contributed by atoms with Gasteiger partial charge < -0.3 is 10.1 Å². The van der Waals surface area contributed by atoms with Crippen molar-refractivity contribution in [1.29, 1.82) is 0 Å². The number of benzene rings is 2. The molecule has 1 saturated carbocycles. The molecule has 0 unspecified atom stereocenters. The molecular formula is C22H25NO2. The van der Waals surface area contributed by atoms with E-state index in [0.717, 1.165) is 0 Å². The lowest BCUT2D eigenvalue weighted by Crippen LogP contribution is -2.32. The van der Waals surface area contributed by atoms with E-state index in [2.05, 4.69) is 24.0 Å². The summed E-state index contributed by atoms with van der Waals surface area (Å²) >= 11 is 0. The van der Waals surface area contributed by atoms with E-state index >= 15 is 0 Å². The number of nitrogens with one attached hydrogen (secondary N) is 1. The Hall–Kier alpha value is -2.55. The van der Waals surface area contributed by atoms with Crippen molar-refractivity contribution in [1.82, 2.24) is 5.32 Å². The molecule has 0 spiro atoms. The van der Waals surface area contributed by atoms with Crippen LogP contribution in [0.25, 0.3) is 0 Å². The van der Waals surface area contributed by atoms with Crippen LogP contribution in [0.1, 0.15) is 47.6 Å². The third-order valence-corrected chi connectivity index (χ3v) is 4.78. The normalized spacial score (nSPS) is 15.5. The maximum atomic E-state index is 12.8. The van der Waals surface area contributed by atoms with Gasteiger partial charge in [-0.15, -0.1) is 0 Å². The average Bonchev–Trinajstić information content (AvgIpc) is 3.19. The van der Waals surface area contributed by atoms with E-state index < -0.39 is 0 Å². The van der Waals surface area contributed by atoms with E-state index in [0.29, 0.717) is 23.8 Å². The lowest BCUT2D eigenvalue weighted by Gasteiger charge is -2.25. The Morgan fingerprint density at radius 3 is 2.64 bits per heavy atom. The molecule has 1 fully saturated rings. The van der Waals surface area contributed by atoms with Crippen molar-refractivity contribution >= 4 is 5.91 Å². The summed E-state index contributed by atoms with van der Waals surface area (Å²) in [6.45, 7) is 4.08. The van der Waals surface area contributed by atoms with Crippen LogP contribution in [-0.2, 0) is 0 Å². The molecule has 3 nitrogen and oxygen atoms in total. The molecule has 3 rings (SSSR count).